The highest BCUT2D eigenvalue weighted by molar-refractivity contribution is 6.31. The summed E-state index contributed by atoms with van der Waals surface area (Å²) < 4.78 is 0. The van der Waals surface area contributed by atoms with Crippen LogP contribution in [-0.4, -0.2) is 27.5 Å². The molecule has 0 unspecified atom stereocenters. The fraction of sp³-hybridized carbons (Fsp3) is 0.556. The van der Waals surface area contributed by atoms with Gasteiger partial charge in [0.25, 0.3) is 0 Å². The van der Waals surface area contributed by atoms with Crippen LogP contribution in [0.25, 0.3) is 0 Å². The number of nitro groups is 1. The van der Waals surface area contributed by atoms with Crippen molar-refractivity contribution in [2.45, 2.75) is 25.8 Å². The van der Waals surface area contributed by atoms with Gasteiger partial charge in [0.2, 0.25) is 11.0 Å². The Balaban J connectivity index is 2.45. The molecule has 1 aromatic rings. The lowest BCUT2D eigenvalue weighted by atomic mass is 10.4. The first-order chi connectivity index (χ1) is 7.65. The maximum Gasteiger partial charge on any atom is 0.348 e. The third kappa shape index (κ3) is 1.92. The van der Waals surface area contributed by atoms with Gasteiger partial charge in [0.05, 0.1) is 4.92 Å². The number of aromatic nitrogens is 2. The predicted octanol–water partition coefficient (Wildman–Crippen LogP) is 2.03. The van der Waals surface area contributed by atoms with E-state index in [1.54, 1.807) is 0 Å². The molecular formula is C9H11ClN4O2. The van der Waals surface area contributed by atoms with E-state index in [0.717, 1.165) is 12.8 Å². The quantitative estimate of drug-likeness (QED) is 0.459. The molecule has 0 aliphatic heterocycles. The van der Waals surface area contributed by atoms with Crippen molar-refractivity contribution in [1.82, 2.24) is 9.97 Å². The van der Waals surface area contributed by atoms with Gasteiger partial charge in [0.15, 0.2) is 0 Å². The molecule has 0 saturated heterocycles. The zero-order chi connectivity index (χ0) is 11.7. The Bertz CT molecular complexity index is 422. The van der Waals surface area contributed by atoms with Crippen molar-refractivity contribution in [2.75, 3.05) is 11.4 Å². The van der Waals surface area contributed by atoms with Crippen LogP contribution in [0, 0.1) is 10.1 Å². The topological polar surface area (TPSA) is 72.2 Å². The van der Waals surface area contributed by atoms with Gasteiger partial charge in [-0.15, -0.1) is 0 Å². The molecule has 0 amide bonds. The lowest BCUT2D eigenvalue weighted by molar-refractivity contribution is -0.384. The summed E-state index contributed by atoms with van der Waals surface area (Å²) >= 11 is 5.73. The van der Waals surface area contributed by atoms with Crippen molar-refractivity contribution in [1.29, 1.82) is 0 Å². The summed E-state index contributed by atoms with van der Waals surface area (Å²) in [4.78, 5) is 19.9. The second kappa shape index (κ2) is 4.21. The summed E-state index contributed by atoms with van der Waals surface area (Å²) in [5.41, 5.74) is -0.196. The molecule has 2 rings (SSSR count). The number of rotatable bonds is 4. The van der Waals surface area contributed by atoms with Gasteiger partial charge < -0.3 is 4.90 Å². The van der Waals surface area contributed by atoms with Gasteiger partial charge in [-0.2, -0.15) is 0 Å². The van der Waals surface area contributed by atoms with E-state index in [-0.39, 0.29) is 10.8 Å². The number of nitrogens with zero attached hydrogens (tertiary/aromatic N) is 4. The van der Waals surface area contributed by atoms with Gasteiger partial charge in [-0.1, -0.05) is 11.6 Å². The molecule has 0 spiro atoms. The molecule has 1 aromatic heterocycles. The molecule has 0 aromatic carbocycles. The van der Waals surface area contributed by atoms with Crippen molar-refractivity contribution in [3.63, 3.8) is 0 Å². The van der Waals surface area contributed by atoms with E-state index in [2.05, 4.69) is 9.97 Å². The Morgan fingerprint density at radius 2 is 2.31 bits per heavy atom. The first-order valence-corrected chi connectivity index (χ1v) is 5.44. The number of hydrogen-bond acceptors (Lipinski definition) is 5. The molecule has 86 valence electrons. The zero-order valence-corrected chi connectivity index (χ0v) is 9.52. The molecule has 6 nitrogen and oxygen atoms in total. The minimum absolute atomic E-state index is 0.103. The van der Waals surface area contributed by atoms with Crippen molar-refractivity contribution < 1.29 is 4.92 Å². The third-order valence-corrected chi connectivity index (χ3v) is 2.82. The van der Waals surface area contributed by atoms with E-state index in [1.165, 1.54) is 6.33 Å². The average Bonchev–Trinajstić information content (AvgIpc) is 3.02. The van der Waals surface area contributed by atoms with Crippen LogP contribution in [0.3, 0.4) is 0 Å². The molecule has 1 saturated carbocycles. The minimum Gasteiger partial charge on any atom is -0.348 e. The minimum atomic E-state index is -0.525. The highest BCUT2D eigenvalue weighted by Crippen LogP contribution is 2.37. The lowest BCUT2D eigenvalue weighted by Gasteiger charge is -2.20. The third-order valence-electron chi connectivity index (χ3n) is 2.54. The summed E-state index contributed by atoms with van der Waals surface area (Å²) in [6, 6.07) is 0.356. The lowest BCUT2D eigenvalue weighted by Crippen LogP contribution is -2.27. The molecule has 16 heavy (non-hydrogen) atoms. The summed E-state index contributed by atoms with van der Waals surface area (Å²) in [6.07, 6.45) is 3.36. The molecule has 1 fully saturated rings. The van der Waals surface area contributed by atoms with Crippen molar-refractivity contribution in [3.05, 3.63) is 21.6 Å². The van der Waals surface area contributed by atoms with Gasteiger partial charge in [0.1, 0.15) is 6.33 Å². The van der Waals surface area contributed by atoms with Crippen molar-refractivity contribution in [3.8, 4) is 0 Å². The van der Waals surface area contributed by atoms with Crippen LogP contribution in [0.4, 0.5) is 11.5 Å². The second-order valence-corrected chi connectivity index (χ2v) is 3.97. The normalized spacial score (nSPS) is 14.9. The van der Waals surface area contributed by atoms with E-state index in [1.807, 2.05) is 11.8 Å². The monoisotopic (exact) mass is 242 g/mol. The van der Waals surface area contributed by atoms with Crippen LogP contribution in [0.2, 0.25) is 5.15 Å². The largest absolute Gasteiger partial charge is 0.348 e. The Morgan fingerprint density at radius 1 is 1.62 bits per heavy atom. The SMILES string of the molecule is CCN(c1ncnc(Cl)c1[N+](=O)[O-])C1CC1. The molecule has 0 bridgehead atoms. The van der Waals surface area contributed by atoms with Crippen molar-refractivity contribution >= 4 is 23.1 Å². The Hall–Kier alpha value is -1.43. The Morgan fingerprint density at radius 3 is 2.81 bits per heavy atom. The van der Waals surface area contributed by atoms with Gasteiger partial charge in [-0.25, -0.2) is 9.97 Å². The molecule has 1 aliphatic rings. The summed E-state index contributed by atoms with van der Waals surface area (Å²) in [7, 11) is 0. The number of hydrogen-bond donors (Lipinski definition) is 0. The summed E-state index contributed by atoms with van der Waals surface area (Å²) in [5.74, 6) is 0.329. The van der Waals surface area contributed by atoms with Gasteiger partial charge >= 0.3 is 5.69 Å². The fourth-order valence-electron chi connectivity index (χ4n) is 1.68. The van der Waals surface area contributed by atoms with E-state index in [9.17, 15) is 10.1 Å². The van der Waals surface area contributed by atoms with E-state index in [0.29, 0.717) is 18.4 Å². The highest BCUT2D eigenvalue weighted by Gasteiger charge is 2.34. The molecule has 0 atom stereocenters. The van der Waals surface area contributed by atoms with E-state index >= 15 is 0 Å². The maximum atomic E-state index is 10.9. The molecule has 7 heteroatoms. The maximum absolute atomic E-state index is 10.9. The smallest absolute Gasteiger partial charge is 0.348 e. The van der Waals surface area contributed by atoms with Crippen LogP contribution in [0.15, 0.2) is 6.33 Å². The Labute approximate surface area is 97.4 Å². The molecule has 0 radical (unpaired) electrons. The molecule has 1 aliphatic carbocycles. The second-order valence-electron chi connectivity index (χ2n) is 3.61. The van der Waals surface area contributed by atoms with Gasteiger partial charge in [-0.3, -0.25) is 10.1 Å². The zero-order valence-electron chi connectivity index (χ0n) is 8.76. The standard InChI is InChI=1S/C9H11ClN4O2/c1-2-13(6-3-4-6)9-7(14(15)16)8(10)11-5-12-9/h5-6H,2-4H2,1H3. The molecule has 0 N–H and O–H groups in total. The van der Waals surface area contributed by atoms with E-state index < -0.39 is 4.92 Å². The van der Waals surface area contributed by atoms with Crippen molar-refractivity contribution in [2.24, 2.45) is 0 Å². The Kier molecular flexibility index (Phi) is 2.91. The van der Waals surface area contributed by atoms with Gasteiger partial charge in [0, 0.05) is 12.6 Å². The van der Waals surface area contributed by atoms with E-state index in [4.69, 9.17) is 11.6 Å². The van der Waals surface area contributed by atoms with Crippen LogP contribution >= 0.6 is 11.6 Å². The highest BCUT2D eigenvalue weighted by atomic mass is 35.5. The number of halogens is 1. The first kappa shape index (κ1) is 11.1. The summed E-state index contributed by atoms with van der Waals surface area (Å²) in [5, 5.41) is 10.8. The van der Waals surface area contributed by atoms with Gasteiger partial charge in [-0.05, 0) is 19.8 Å². The average molecular weight is 243 g/mol. The number of anilines is 1. The predicted molar refractivity (Wildman–Crippen MR) is 59.7 cm³/mol. The van der Waals surface area contributed by atoms with Crippen LogP contribution in [0.1, 0.15) is 19.8 Å². The fourth-order valence-corrected chi connectivity index (χ4v) is 1.88. The molecular weight excluding hydrogens is 232 g/mol. The molecule has 1 heterocycles. The van der Waals surface area contributed by atoms with Crippen LogP contribution < -0.4 is 4.90 Å². The van der Waals surface area contributed by atoms with Crippen LogP contribution in [-0.2, 0) is 0 Å². The van der Waals surface area contributed by atoms with Crippen LogP contribution in [0.5, 0.6) is 0 Å². The first-order valence-electron chi connectivity index (χ1n) is 5.06. The summed E-state index contributed by atoms with van der Waals surface area (Å²) in [6.45, 7) is 2.62.